The first kappa shape index (κ1) is 18.1. The van der Waals surface area contributed by atoms with Crippen molar-refractivity contribution in [2.45, 2.75) is 11.5 Å². The van der Waals surface area contributed by atoms with Crippen LogP contribution in [0.1, 0.15) is 17.2 Å². The third-order valence-corrected chi connectivity index (χ3v) is 6.33. The lowest BCUT2D eigenvalue weighted by Crippen LogP contribution is -2.45. The van der Waals surface area contributed by atoms with Gasteiger partial charge in [-0.1, -0.05) is 72.3 Å². The molecule has 2 aliphatic rings. The van der Waals surface area contributed by atoms with Crippen molar-refractivity contribution < 1.29 is 9.59 Å². The van der Waals surface area contributed by atoms with Crippen LogP contribution in [0.5, 0.6) is 0 Å². The summed E-state index contributed by atoms with van der Waals surface area (Å²) in [6, 6.07) is 26.0. The predicted molar refractivity (Wildman–Crippen MR) is 113 cm³/mol. The maximum Gasteiger partial charge on any atom is 0.247 e. The van der Waals surface area contributed by atoms with Gasteiger partial charge in [0.25, 0.3) is 0 Å². The van der Waals surface area contributed by atoms with E-state index in [1.54, 1.807) is 24.3 Å². The van der Waals surface area contributed by atoms with Crippen molar-refractivity contribution >= 4 is 29.1 Å². The summed E-state index contributed by atoms with van der Waals surface area (Å²) in [5.41, 5.74) is 1.39. The number of nitrogens with zero attached hydrogens (tertiary/aromatic N) is 1. The van der Waals surface area contributed by atoms with Crippen molar-refractivity contribution in [3.8, 4) is 0 Å². The van der Waals surface area contributed by atoms with Crippen molar-refractivity contribution in [1.82, 2.24) is 5.32 Å². The number of nitrogens with one attached hydrogen (secondary N) is 1. The molecule has 4 nitrogen and oxygen atoms in total. The number of para-hydroxylation sites is 1. The number of anilines is 1. The first-order valence-corrected chi connectivity index (χ1v) is 9.99. The van der Waals surface area contributed by atoms with Crippen LogP contribution >= 0.6 is 11.6 Å². The molecule has 0 bridgehead atoms. The number of fused-ring (bicyclic) bond motifs is 1. The summed E-state index contributed by atoms with van der Waals surface area (Å²) in [4.78, 5) is 28.8. The van der Waals surface area contributed by atoms with E-state index < -0.39 is 11.3 Å². The number of amides is 2. The lowest BCUT2D eigenvalue weighted by atomic mass is 9.67. The van der Waals surface area contributed by atoms with E-state index in [1.165, 1.54) is 4.90 Å². The van der Waals surface area contributed by atoms with E-state index in [9.17, 15) is 9.59 Å². The number of hydrogen-bond acceptors (Lipinski definition) is 3. The van der Waals surface area contributed by atoms with Gasteiger partial charge in [0, 0.05) is 11.6 Å². The molecule has 3 aromatic carbocycles. The fourth-order valence-corrected chi connectivity index (χ4v) is 4.95. The van der Waals surface area contributed by atoms with Gasteiger partial charge in [-0.15, -0.1) is 0 Å². The molecule has 5 rings (SSSR count). The van der Waals surface area contributed by atoms with E-state index in [0.717, 1.165) is 11.1 Å². The van der Waals surface area contributed by atoms with Crippen LogP contribution in [0.4, 0.5) is 5.69 Å². The minimum atomic E-state index is -1.02. The predicted octanol–water partition coefficient (Wildman–Crippen LogP) is 4.11. The Morgan fingerprint density at radius 2 is 1.48 bits per heavy atom. The smallest absolute Gasteiger partial charge is 0.247 e. The lowest BCUT2D eigenvalue weighted by molar-refractivity contribution is -0.123. The van der Waals surface area contributed by atoms with Gasteiger partial charge in [-0.05, 0) is 35.4 Å². The third-order valence-electron chi connectivity index (χ3n) is 6.08. The van der Waals surface area contributed by atoms with E-state index in [2.05, 4.69) is 5.32 Å². The Kier molecular flexibility index (Phi) is 4.26. The molecular formula is C24H19ClN2O2. The van der Waals surface area contributed by atoms with Gasteiger partial charge in [0.05, 0.1) is 17.6 Å². The number of rotatable bonds is 3. The number of halogens is 1. The van der Waals surface area contributed by atoms with Crippen LogP contribution in [0.15, 0.2) is 84.9 Å². The third kappa shape index (κ3) is 2.56. The first-order valence-electron chi connectivity index (χ1n) is 9.62. The highest BCUT2D eigenvalue weighted by Crippen LogP contribution is 2.54. The van der Waals surface area contributed by atoms with E-state index in [0.29, 0.717) is 17.3 Å². The van der Waals surface area contributed by atoms with Gasteiger partial charge in [-0.3, -0.25) is 9.59 Å². The SMILES string of the molecule is O=C1[C@@H]2CN[C@H](c3ccccc3)[C@]2(c2ccc(Cl)cc2)C(=O)N1c1ccccc1. The molecular weight excluding hydrogens is 384 g/mol. The van der Waals surface area contributed by atoms with Gasteiger partial charge in [-0.2, -0.15) is 0 Å². The molecule has 0 aromatic heterocycles. The van der Waals surface area contributed by atoms with Gasteiger partial charge in [0.2, 0.25) is 11.8 Å². The molecule has 3 aromatic rings. The van der Waals surface area contributed by atoms with Gasteiger partial charge >= 0.3 is 0 Å². The Labute approximate surface area is 174 Å². The maximum atomic E-state index is 14.0. The molecule has 0 aliphatic carbocycles. The molecule has 3 atom stereocenters. The molecule has 0 saturated carbocycles. The minimum Gasteiger partial charge on any atom is -0.308 e. The van der Waals surface area contributed by atoms with E-state index in [1.807, 2.05) is 60.7 Å². The summed E-state index contributed by atoms with van der Waals surface area (Å²) in [6.45, 7) is 0.441. The zero-order valence-electron chi connectivity index (χ0n) is 15.6. The molecule has 29 heavy (non-hydrogen) atoms. The molecule has 0 spiro atoms. The highest BCUT2D eigenvalue weighted by atomic mass is 35.5. The summed E-state index contributed by atoms with van der Waals surface area (Å²) in [5.74, 6) is -0.844. The number of benzene rings is 3. The van der Waals surface area contributed by atoms with Crippen LogP contribution in [0.25, 0.3) is 0 Å². The molecule has 0 unspecified atom stereocenters. The van der Waals surface area contributed by atoms with Crippen molar-refractivity contribution in [3.05, 3.63) is 101 Å². The number of hydrogen-bond donors (Lipinski definition) is 1. The topological polar surface area (TPSA) is 49.4 Å². The average Bonchev–Trinajstić information content (AvgIpc) is 3.25. The monoisotopic (exact) mass is 402 g/mol. The molecule has 2 amide bonds. The zero-order valence-corrected chi connectivity index (χ0v) is 16.3. The van der Waals surface area contributed by atoms with E-state index in [-0.39, 0.29) is 17.9 Å². The first-order chi connectivity index (χ1) is 14.1. The van der Waals surface area contributed by atoms with Gasteiger partial charge < -0.3 is 5.32 Å². The second-order valence-corrected chi connectivity index (χ2v) is 7.93. The summed E-state index contributed by atoms with van der Waals surface area (Å²) >= 11 is 6.12. The second kappa shape index (κ2) is 6.83. The Morgan fingerprint density at radius 1 is 0.862 bits per heavy atom. The second-order valence-electron chi connectivity index (χ2n) is 7.49. The Morgan fingerprint density at radius 3 is 2.14 bits per heavy atom. The van der Waals surface area contributed by atoms with Crippen molar-refractivity contribution in [1.29, 1.82) is 0 Å². The van der Waals surface area contributed by atoms with Gasteiger partial charge in [-0.25, -0.2) is 4.90 Å². The summed E-state index contributed by atoms with van der Waals surface area (Å²) < 4.78 is 0. The molecule has 2 heterocycles. The standard InChI is InChI=1S/C24H19ClN2O2/c25-18-13-11-17(12-14-18)24-20(15-26-21(24)16-7-3-1-4-8-16)22(28)27(23(24)29)19-9-5-2-6-10-19/h1-14,20-21,26H,15H2/t20-,21+,24+/m0/s1. The van der Waals surface area contributed by atoms with Crippen LogP contribution in [0, 0.1) is 5.92 Å². The maximum absolute atomic E-state index is 14.0. The van der Waals surface area contributed by atoms with Crippen LogP contribution in [-0.4, -0.2) is 18.4 Å². The average molecular weight is 403 g/mol. The largest absolute Gasteiger partial charge is 0.308 e. The van der Waals surface area contributed by atoms with Crippen LogP contribution < -0.4 is 10.2 Å². The Balaban J connectivity index is 1.73. The van der Waals surface area contributed by atoms with E-state index in [4.69, 9.17) is 11.6 Å². The fourth-order valence-electron chi connectivity index (χ4n) is 4.82. The molecule has 144 valence electrons. The number of imide groups is 1. The van der Waals surface area contributed by atoms with Crippen molar-refractivity contribution in [3.63, 3.8) is 0 Å². The zero-order chi connectivity index (χ0) is 20.0. The van der Waals surface area contributed by atoms with Crippen LogP contribution in [-0.2, 0) is 15.0 Å². The molecule has 2 fully saturated rings. The highest BCUT2D eigenvalue weighted by Gasteiger charge is 2.67. The number of carbonyl (C=O) groups is 2. The lowest BCUT2D eigenvalue weighted by Gasteiger charge is -2.33. The van der Waals surface area contributed by atoms with Crippen molar-refractivity contribution in [2.75, 3.05) is 11.4 Å². The fraction of sp³-hybridized carbons (Fsp3) is 0.167. The van der Waals surface area contributed by atoms with Crippen LogP contribution in [0.2, 0.25) is 5.02 Å². The minimum absolute atomic E-state index is 0.165. The Hall–Kier alpha value is -2.95. The Bertz CT molecular complexity index is 1070. The van der Waals surface area contributed by atoms with Gasteiger partial charge in [0.1, 0.15) is 5.41 Å². The molecule has 2 aliphatic heterocycles. The highest BCUT2D eigenvalue weighted by molar-refractivity contribution is 6.30. The van der Waals surface area contributed by atoms with Crippen molar-refractivity contribution in [2.24, 2.45) is 5.92 Å². The van der Waals surface area contributed by atoms with Crippen LogP contribution in [0.3, 0.4) is 0 Å². The number of carbonyl (C=O) groups excluding carboxylic acids is 2. The molecule has 2 saturated heterocycles. The molecule has 5 heteroatoms. The molecule has 1 N–H and O–H groups in total. The normalized spacial score (nSPS) is 26.0. The van der Waals surface area contributed by atoms with E-state index >= 15 is 0 Å². The summed E-state index contributed by atoms with van der Waals surface area (Å²) in [7, 11) is 0. The quantitative estimate of drug-likeness (QED) is 0.671. The van der Waals surface area contributed by atoms with Gasteiger partial charge in [0.15, 0.2) is 0 Å². The molecule has 0 radical (unpaired) electrons. The summed E-state index contributed by atoms with van der Waals surface area (Å²) in [6.07, 6.45) is 0. The summed E-state index contributed by atoms with van der Waals surface area (Å²) in [5, 5.41) is 4.06.